The maximum atomic E-state index is 13.7. The summed E-state index contributed by atoms with van der Waals surface area (Å²) in [5.41, 5.74) is 11.6. The smallest absolute Gasteiger partial charge is 0.274 e. The molecule has 5 aromatic rings. The van der Waals surface area contributed by atoms with Gasteiger partial charge in [0.05, 0.1) is 28.1 Å². The number of carbonyl (C=O) groups excluding carboxylic acids is 1. The molecule has 1 aliphatic rings. The molecule has 2 aromatic carbocycles. The number of nitrogen functional groups attached to an aromatic ring is 1. The Kier molecular flexibility index (Phi) is 5.83. The first-order valence-electron chi connectivity index (χ1n) is 12.8. The summed E-state index contributed by atoms with van der Waals surface area (Å²) in [5, 5.41) is 4.10. The van der Waals surface area contributed by atoms with E-state index in [1.807, 2.05) is 80.6 Å². The largest absolute Gasteiger partial charge is 0.382 e. The minimum absolute atomic E-state index is 0.0757. The van der Waals surface area contributed by atoms with Gasteiger partial charge in [-0.1, -0.05) is 48.5 Å². The van der Waals surface area contributed by atoms with Crippen LogP contribution in [0, 0.1) is 0 Å². The van der Waals surface area contributed by atoms with Crippen LogP contribution in [0.4, 0.5) is 5.82 Å². The molecule has 0 bridgehead atoms. The lowest BCUT2D eigenvalue weighted by Gasteiger charge is -2.28. The van der Waals surface area contributed by atoms with E-state index in [9.17, 15) is 4.79 Å². The Morgan fingerprint density at radius 2 is 1.61 bits per heavy atom. The van der Waals surface area contributed by atoms with Gasteiger partial charge in [0.15, 0.2) is 11.5 Å². The van der Waals surface area contributed by atoms with Crippen LogP contribution in [0.25, 0.3) is 33.4 Å². The molecule has 1 amide bonds. The fourth-order valence-corrected chi connectivity index (χ4v) is 4.90. The summed E-state index contributed by atoms with van der Waals surface area (Å²) in [5.74, 6) is 0.182. The van der Waals surface area contributed by atoms with Crippen molar-refractivity contribution in [3.63, 3.8) is 0 Å². The number of rotatable bonds is 6. The highest BCUT2D eigenvalue weighted by Gasteiger charge is 2.34. The molecule has 188 valence electrons. The molecular weight excluding hydrogens is 472 g/mol. The normalized spacial score (nSPS) is 13.4. The number of fused-ring (bicyclic) bond motifs is 1. The molecule has 0 aliphatic heterocycles. The molecule has 3 heterocycles. The van der Waals surface area contributed by atoms with Crippen molar-refractivity contribution >= 4 is 22.6 Å². The van der Waals surface area contributed by atoms with Gasteiger partial charge < -0.3 is 11.1 Å². The second kappa shape index (κ2) is 9.34. The highest BCUT2D eigenvalue weighted by Crippen LogP contribution is 2.43. The summed E-state index contributed by atoms with van der Waals surface area (Å²) < 4.78 is 0. The van der Waals surface area contributed by atoms with Crippen molar-refractivity contribution in [2.45, 2.75) is 38.1 Å². The Labute approximate surface area is 221 Å². The van der Waals surface area contributed by atoms with Crippen LogP contribution in [-0.4, -0.2) is 25.8 Å². The van der Waals surface area contributed by atoms with Gasteiger partial charge in [-0.3, -0.25) is 14.8 Å². The summed E-state index contributed by atoms with van der Waals surface area (Å²) in [4.78, 5) is 32.3. The highest BCUT2D eigenvalue weighted by molar-refractivity contribution is 5.99. The van der Waals surface area contributed by atoms with Crippen molar-refractivity contribution in [2.24, 2.45) is 0 Å². The Hall–Kier alpha value is -4.65. The lowest BCUT2D eigenvalue weighted by molar-refractivity contribution is 0.0905. The van der Waals surface area contributed by atoms with Gasteiger partial charge >= 0.3 is 0 Å². The Morgan fingerprint density at radius 1 is 0.868 bits per heavy atom. The first-order valence-corrected chi connectivity index (χ1v) is 12.8. The predicted molar refractivity (Wildman–Crippen MR) is 149 cm³/mol. The van der Waals surface area contributed by atoms with Gasteiger partial charge in [0.1, 0.15) is 0 Å². The number of hydrogen-bond donors (Lipinski definition) is 2. The number of amides is 1. The maximum absolute atomic E-state index is 13.7. The van der Waals surface area contributed by atoms with Gasteiger partial charge in [-0.2, -0.15) is 0 Å². The minimum Gasteiger partial charge on any atom is -0.382 e. The zero-order chi connectivity index (χ0) is 26.3. The molecule has 3 N–H and O–H groups in total. The first-order chi connectivity index (χ1) is 18.4. The van der Waals surface area contributed by atoms with Crippen LogP contribution in [0.5, 0.6) is 0 Å². The lowest BCUT2D eigenvalue weighted by Crippen LogP contribution is -2.43. The van der Waals surface area contributed by atoms with Gasteiger partial charge in [0, 0.05) is 28.9 Å². The van der Waals surface area contributed by atoms with Crippen LogP contribution in [0.3, 0.4) is 0 Å². The van der Waals surface area contributed by atoms with Gasteiger partial charge in [0.2, 0.25) is 0 Å². The molecule has 7 nitrogen and oxygen atoms in total. The van der Waals surface area contributed by atoms with Crippen LogP contribution in [0.1, 0.15) is 54.4 Å². The van der Waals surface area contributed by atoms with Crippen molar-refractivity contribution in [3.8, 4) is 22.5 Å². The van der Waals surface area contributed by atoms with Crippen molar-refractivity contribution in [1.29, 1.82) is 0 Å². The molecule has 0 unspecified atom stereocenters. The van der Waals surface area contributed by atoms with Crippen LogP contribution in [0.15, 0.2) is 85.2 Å². The molecule has 1 saturated carbocycles. The van der Waals surface area contributed by atoms with Crippen molar-refractivity contribution in [2.75, 3.05) is 5.73 Å². The number of nitrogens with one attached hydrogen (secondary N) is 1. The third kappa shape index (κ3) is 4.47. The standard InChI is InChI=1S/C31H28N6O/c1-31(2,28-23(19-12-13-19)11-7-17-34-28)37-30(38)27-29(32)36-25(20-8-4-3-5-9-20)26(35-27)22-14-15-24-21(18-22)10-6-16-33-24/h3-11,14-19H,12-13H2,1-2H3,(H2,32,36)(H,37,38). The first kappa shape index (κ1) is 23.7. The number of anilines is 1. The number of nitrogens with zero attached hydrogens (tertiary/aromatic N) is 4. The van der Waals surface area contributed by atoms with Gasteiger partial charge in [-0.05, 0) is 62.4 Å². The van der Waals surface area contributed by atoms with E-state index in [1.54, 1.807) is 12.4 Å². The topological polar surface area (TPSA) is 107 Å². The number of hydrogen-bond acceptors (Lipinski definition) is 6. The monoisotopic (exact) mass is 500 g/mol. The van der Waals surface area contributed by atoms with Crippen LogP contribution in [-0.2, 0) is 5.54 Å². The fraction of sp³-hybridized carbons (Fsp3) is 0.194. The Balaban J connectivity index is 1.43. The molecule has 0 spiro atoms. The predicted octanol–water partition coefficient (Wildman–Crippen LogP) is 5.88. The van der Waals surface area contributed by atoms with E-state index in [-0.39, 0.29) is 11.5 Å². The summed E-state index contributed by atoms with van der Waals surface area (Å²) in [7, 11) is 0. The van der Waals surface area contributed by atoms with E-state index < -0.39 is 11.4 Å². The number of pyridine rings is 2. The highest BCUT2D eigenvalue weighted by atomic mass is 16.2. The van der Waals surface area contributed by atoms with E-state index in [0.717, 1.165) is 40.6 Å². The molecule has 7 heteroatoms. The zero-order valence-corrected chi connectivity index (χ0v) is 21.3. The molecule has 0 atom stereocenters. The molecule has 0 radical (unpaired) electrons. The zero-order valence-electron chi connectivity index (χ0n) is 21.3. The second-order valence-electron chi connectivity index (χ2n) is 10.2. The van der Waals surface area contributed by atoms with Crippen LogP contribution < -0.4 is 11.1 Å². The SMILES string of the molecule is CC(C)(NC(=O)c1nc(-c2ccc3ncccc3c2)c(-c2ccccc2)nc1N)c1ncccc1C1CC1. The number of aromatic nitrogens is 4. The minimum atomic E-state index is -0.725. The van der Waals surface area contributed by atoms with E-state index in [2.05, 4.69) is 21.4 Å². The van der Waals surface area contributed by atoms with Gasteiger partial charge in [0.25, 0.3) is 5.91 Å². The Morgan fingerprint density at radius 3 is 2.39 bits per heavy atom. The number of benzene rings is 2. The van der Waals surface area contributed by atoms with Crippen LogP contribution in [0.2, 0.25) is 0 Å². The molecule has 1 aliphatic carbocycles. The lowest BCUT2D eigenvalue weighted by atomic mass is 9.93. The average molecular weight is 501 g/mol. The van der Waals surface area contributed by atoms with Crippen molar-refractivity contribution in [1.82, 2.24) is 25.3 Å². The third-order valence-electron chi connectivity index (χ3n) is 6.94. The molecule has 1 fully saturated rings. The fourth-order valence-electron chi connectivity index (χ4n) is 4.90. The summed E-state index contributed by atoms with van der Waals surface area (Å²) in [6, 6.07) is 23.6. The molecular formula is C31H28N6O. The maximum Gasteiger partial charge on any atom is 0.274 e. The van der Waals surface area contributed by atoms with E-state index in [0.29, 0.717) is 17.3 Å². The molecule has 38 heavy (non-hydrogen) atoms. The summed E-state index contributed by atoms with van der Waals surface area (Å²) in [6.45, 7) is 3.91. The molecule has 0 saturated heterocycles. The number of nitrogens with two attached hydrogens (primary N) is 1. The van der Waals surface area contributed by atoms with E-state index in [1.165, 1.54) is 5.56 Å². The molecule has 6 rings (SSSR count). The van der Waals surface area contributed by atoms with Crippen LogP contribution >= 0.6 is 0 Å². The van der Waals surface area contributed by atoms with Gasteiger partial charge in [-0.15, -0.1) is 0 Å². The van der Waals surface area contributed by atoms with E-state index in [4.69, 9.17) is 15.7 Å². The summed E-state index contributed by atoms with van der Waals surface area (Å²) in [6.07, 6.45) is 5.82. The number of carbonyl (C=O) groups is 1. The average Bonchev–Trinajstić information content (AvgIpc) is 3.78. The van der Waals surface area contributed by atoms with E-state index >= 15 is 0 Å². The quantitative estimate of drug-likeness (QED) is 0.302. The third-order valence-corrected chi connectivity index (χ3v) is 6.94. The van der Waals surface area contributed by atoms with Crippen molar-refractivity contribution < 1.29 is 4.79 Å². The Bertz CT molecular complexity index is 1660. The van der Waals surface area contributed by atoms with Gasteiger partial charge in [-0.25, -0.2) is 9.97 Å². The second-order valence-corrected chi connectivity index (χ2v) is 10.2. The van der Waals surface area contributed by atoms with Crippen molar-refractivity contribution in [3.05, 3.63) is 102 Å². The molecule has 3 aromatic heterocycles. The summed E-state index contributed by atoms with van der Waals surface area (Å²) >= 11 is 0.